The van der Waals surface area contributed by atoms with E-state index in [4.69, 9.17) is 4.98 Å². The Kier molecular flexibility index (Phi) is 5.35. The van der Waals surface area contributed by atoms with E-state index in [-0.39, 0.29) is 0 Å². The van der Waals surface area contributed by atoms with Gasteiger partial charge in [0.25, 0.3) is 0 Å². The molecule has 45 heavy (non-hydrogen) atoms. The third kappa shape index (κ3) is 3.83. The van der Waals surface area contributed by atoms with E-state index < -0.39 is 0 Å². The van der Waals surface area contributed by atoms with Crippen molar-refractivity contribution in [2.75, 3.05) is 0 Å². The average molecular weight is 609 g/mol. The second-order valence-corrected chi connectivity index (χ2v) is 13.7. The molecule has 0 atom stereocenters. The van der Waals surface area contributed by atoms with E-state index in [0.717, 1.165) is 21.8 Å². The number of hydrogen-bond acceptors (Lipinski definition) is 3. The Morgan fingerprint density at radius 1 is 0.444 bits per heavy atom. The Labute approximate surface area is 267 Å². The first kappa shape index (κ1) is 25.1. The Morgan fingerprint density at radius 3 is 2.04 bits per heavy atom. The topological polar surface area (TPSA) is 17.8 Å². The van der Waals surface area contributed by atoms with Crippen molar-refractivity contribution >= 4 is 85.6 Å². The predicted octanol–water partition coefficient (Wildman–Crippen LogP) is 12.2. The van der Waals surface area contributed by atoms with Gasteiger partial charge in [0.1, 0.15) is 5.01 Å². The molecule has 0 aliphatic rings. The second-order valence-electron chi connectivity index (χ2n) is 11.6. The van der Waals surface area contributed by atoms with E-state index in [0.29, 0.717) is 0 Å². The molecule has 0 aliphatic carbocycles. The van der Waals surface area contributed by atoms with Gasteiger partial charge in [-0.3, -0.25) is 0 Å². The molecule has 0 spiro atoms. The molecule has 0 N–H and O–H groups in total. The van der Waals surface area contributed by atoms with Gasteiger partial charge in [-0.2, -0.15) is 0 Å². The van der Waals surface area contributed by atoms with E-state index in [1.54, 1.807) is 11.3 Å². The minimum absolute atomic E-state index is 1.05. The van der Waals surface area contributed by atoms with Gasteiger partial charge in [0.2, 0.25) is 0 Å². The molecular formula is C41H24N2S2. The quantitative estimate of drug-likeness (QED) is 0.195. The van der Waals surface area contributed by atoms with Gasteiger partial charge in [0, 0.05) is 42.2 Å². The fourth-order valence-corrected chi connectivity index (χ4v) is 9.00. The highest BCUT2D eigenvalue weighted by atomic mass is 32.1. The van der Waals surface area contributed by atoms with Crippen molar-refractivity contribution in [3.05, 3.63) is 146 Å². The Hall–Kier alpha value is -5.29. The molecule has 10 rings (SSSR count). The summed E-state index contributed by atoms with van der Waals surface area (Å²) < 4.78 is 6.21. The number of nitrogens with zero attached hydrogens (tertiary/aromatic N) is 2. The fourth-order valence-electron chi connectivity index (χ4n) is 6.87. The molecule has 210 valence electrons. The van der Waals surface area contributed by atoms with E-state index in [9.17, 15) is 0 Å². The van der Waals surface area contributed by atoms with Crippen LogP contribution in [0.15, 0.2) is 146 Å². The van der Waals surface area contributed by atoms with Gasteiger partial charge in [-0.25, -0.2) is 4.98 Å². The average Bonchev–Trinajstić information content (AvgIpc) is 3.79. The lowest BCUT2D eigenvalue weighted by Crippen LogP contribution is -1.93. The van der Waals surface area contributed by atoms with Crippen molar-refractivity contribution in [3.8, 4) is 27.4 Å². The van der Waals surface area contributed by atoms with Crippen LogP contribution in [0.4, 0.5) is 0 Å². The lowest BCUT2D eigenvalue weighted by Gasteiger charge is -2.09. The first-order valence-electron chi connectivity index (χ1n) is 15.1. The smallest absolute Gasteiger partial charge is 0.124 e. The van der Waals surface area contributed by atoms with Crippen LogP contribution < -0.4 is 0 Å². The molecule has 0 aliphatic heterocycles. The van der Waals surface area contributed by atoms with E-state index >= 15 is 0 Å². The number of aromatic nitrogens is 2. The third-order valence-electron chi connectivity index (χ3n) is 9.01. The number of fused-ring (bicyclic) bond motifs is 9. The molecule has 7 aromatic carbocycles. The monoisotopic (exact) mass is 608 g/mol. The Balaban J connectivity index is 1.09. The molecule has 0 saturated carbocycles. The molecule has 0 bridgehead atoms. The fraction of sp³-hybridized carbons (Fsp3) is 0. The van der Waals surface area contributed by atoms with Crippen molar-refractivity contribution < 1.29 is 0 Å². The van der Waals surface area contributed by atoms with Crippen LogP contribution in [0.2, 0.25) is 0 Å². The van der Waals surface area contributed by atoms with Crippen LogP contribution in [-0.2, 0) is 0 Å². The number of benzene rings is 7. The maximum absolute atomic E-state index is 5.26. The van der Waals surface area contributed by atoms with Crippen molar-refractivity contribution in [1.82, 2.24) is 9.55 Å². The highest BCUT2D eigenvalue weighted by molar-refractivity contribution is 7.26. The minimum Gasteiger partial charge on any atom is -0.309 e. The lowest BCUT2D eigenvalue weighted by atomic mass is 10.0. The van der Waals surface area contributed by atoms with Gasteiger partial charge in [-0.1, -0.05) is 84.9 Å². The van der Waals surface area contributed by atoms with Crippen LogP contribution >= 0.6 is 22.7 Å². The molecule has 0 amide bonds. The highest BCUT2D eigenvalue weighted by Gasteiger charge is 2.16. The highest BCUT2D eigenvalue weighted by Crippen LogP contribution is 2.43. The largest absolute Gasteiger partial charge is 0.309 e. The second kappa shape index (κ2) is 9.60. The molecule has 3 aromatic heterocycles. The van der Waals surface area contributed by atoms with E-state index in [1.165, 1.54) is 68.6 Å². The summed E-state index contributed by atoms with van der Waals surface area (Å²) in [7, 11) is 0. The van der Waals surface area contributed by atoms with Crippen molar-refractivity contribution in [1.29, 1.82) is 0 Å². The summed E-state index contributed by atoms with van der Waals surface area (Å²) in [5, 5.41) is 8.68. The third-order valence-corrected chi connectivity index (χ3v) is 11.2. The standard InChI is InChI=1S/C41H24N2S2/c1-2-8-25(9-3-1)29-16-19-32-38(24-29)44-36-20-21-37-40(39(32)36)42-41(45-37)26-14-17-30(18-15-26)43-34-13-7-6-12-31(34)33-22-27-10-4-5-11-28(27)23-35(33)43/h1-24H. The maximum atomic E-state index is 5.26. The number of thiazole rings is 1. The van der Waals surface area contributed by atoms with Gasteiger partial charge in [-0.05, 0) is 82.6 Å². The summed E-state index contributed by atoms with van der Waals surface area (Å²) >= 11 is 3.63. The van der Waals surface area contributed by atoms with Gasteiger partial charge in [0.05, 0.1) is 21.3 Å². The van der Waals surface area contributed by atoms with Gasteiger partial charge < -0.3 is 4.57 Å². The number of thiophene rings is 1. The van der Waals surface area contributed by atoms with Crippen molar-refractivity contribution in [3.63, 3.8) is 0 Å². The molecule has 0 radical (unpaired) electrons. The molecule has 0 unspecified atom stereocenters. The normalized spacial score (nSPS) is 12.0. The van der Waals surface area contributed by atoms with Gasteiger partial charge >= 0.3 is 0 Å². The molecule has 0 fully saturated rings. The zero-order valence-electron chi connectivity index (χ0n) is 24.1. The van der Waals surface area contributed by atoms with E-state index in [2.05, 4.69) is 150 Å². The molecule has 0 saturated heterocycles. The van der Waals surface area contributed by atoms with Crippen LogP contribution in [0.5, 0.6) is 0 Å². The van der Waals surface area contributed by atoms with Gasteiger partial charge in [-0.15, -0.1) is 22.7 Å². The predicted molar refractivity (Wildman–Crippen MR) is 195 cm³/mol. The van der Waals surface area contributed by atoms with Crippen molar-refractivity contribution in [2.45, 2.75) is 0 Å². The summed E-state index contributed by atoms with van der Waals surface area (Å²) in [5.41, 5.74) is 8.34. The van der Waals surface area contributed by atoms with Crippen LogP contribution in [0, 0.1) is 0 Å². The Morgan fingerprint density at radius 2 is 1.18 bits per heavy atom. The summed E-state index contributed by atoms with van der Waals surface area (Å²) in [5.74, 6) is 0. The zero-order chi connectivity index (χ0) is 29.5. The molecule has 3 heterocycles. The molecule has 2 nitrogen and oxygen atoms in total. The molecule has 4 heteroatoms. The number of para-hydroxylation sites is 1. The van der Waals surface area contributed by atoms with Crippen LogP contribution in [0.1, 0.15) is 0 Å². The summed E-state index contributed by atoms with van der Waals surface area (Å²) in [6.07, 6.45) is 0. The first-order valence-corrected chi connectivity index (χ1v) is 16.8. The Bertz CT molecular complexity index is 2750. The number of hydrogen-bond donors (Lipinski definition) is 0. The summed E-state index contributed by atoms with van der Waals surface area (Å²) in [4.78, 5) is 5.26. The van der Waals surface area contributed by atoms with Crippen LogP contribution in [-0.4, -0.2) is 9.55 Å². The van der Waals surface area contributed by atoms with Gasteiger partial charge in [0.15, 0.2) is 0 Å². The number of rotatable bonds is 3. The van der Waals surface area contributed by atoms with Crippen LogP contribution in [0.25, 0.3) is 90.4 Å². The minimum atomic E-state index is 1.05. The maximum Gasteiger partial charge on any atom is 0.124 e. The van der Waals surface area contributed by atoms with E-state index in [1.807, 2.05) is 11.3 Å². The SMILES string of the molecule is c1ccc(-c2ccc3c(c2)sc2ccc4sc(-c5ccc(-n6c7ccccc7c7cc8ccccc8cc76)cc5)nc4c23)cc1. The molecule has 10 aromatic rings. The van der Waals surface area contributed by atoms with Crippen LogP contribution in [0.3, 0.4) is 0 Å². The summed E-state index contributed by atoms with van der Waals surface area (Å²) in [6, 6.07) is 52.9. The lowest BCUT2D eigenvalue weighted by molar-refractivity contribution is 1.18. The zero-order valence-corrected chi connectivity index (χ0v) is 25.7. The molecular weight excluding hydrogens is 585 g/mol. The summed E-state index contributed by atoms with van der Waals surface area (Å²) in [6.45, 7) is 0. The van der Waals surface area contributed by atoms with Crippen molar-refractivity contribution in [2.24, 2.45) is 0 Å². The first-order chi connectivity index (χ1) is 22.3.